The normalized spacial score (nSPS) is 24.9. The summed E-state index contributed by atoms with van der Waals surface area (Å²) in [4.78, 5) is 30.3. The molecular weight excluding hydrogens is 453 g/mol. The highest BCUT2D eigenvalue weighted by Gasteiger charge is 2.60. The number of carbonyl (C=O) groups excluding carboxylic acids is 2. The fourth-order valence-corrected chi connectivity index (χ4v) is 5.28. The molecule has 0 radical (unpaired) electrons. The molecule has 2 heterocycles. The van der Waals surface area contributed by atoms with Crippen molar-refractivity contribution in [2.45, 2.75) is 31.0 Å². The van der Waals surface area contributed by atoms with Crippen molar-refractivity contribution in [2.75, 3.05) is 33.1 Å². The molecule has 2 amide bonds. The van der Waals surface area contributed by atoms with E-state index >= 15 is 0 Å². The summed E-state index contributed by atoms with van der Waals surface area (Å²) in [7, 11) is 4.83. The minimum atomic E-state index is -1.48. The highest BCUT2D eigenvalue weighted by Crippen LogP contribution is 2.53. The Hall–Kier alpha value is -2.32. The van der Waals surface area contributed by atoms with Gasteiger partial charge in [-0.05, 0) is 49.2 Å². The number of carbonyl (C=O) groups is 2. The van der Waals surface area contributed by atoms with E-state index in [1.807, 2.05) is 6.92 Å². The molecule has 3 atom stereocenters. The largest absolute Gasteiger partial charge is 0.496 e. The number of amides is 2. The minimum Gasteiger partial charge on any atom is -0.496 e. The molecule has 9 heteroatoms. The van der Waals surface area contributed by atoms with Gasteiger partial charge < -0.3 is 20.1 Å². The lowest BCUT2D eigenvalue weighted by Crippen LogP contribution is -2.57. The maximum atomic E-state index is 13.9. The summed E-state index contributed by atoms with van der Waals surface area (Å²) in [5.41, 5.74) is 0.924. The number of benzene rings is 2. The minimum absolute atomic E-state index is 0.110. The van der Waals surface area contributed by atoms with Crippen molar-refractivity contribution in [3.8, 4) is 5.75 Å². The van der Waals surface area contributed by atoms with Crippen LogP contribution in [0.3, 0.4) is 0 Å². The fourth-order valence-electron chi connectivity index (χ4n) is 4.95. The van der Waals surface area contributed by atoms with E-state index in [0.717, 1.165) is 0 Å². The van der Waals surface area contributed by atoms with Gasteiger partial charge in [-0.15, -0.1) is 0 Å². The molecule has 0 bridgehead atoms. The number of hydrogen-bond acceptors (Lipinski definition) is 5. The zero-order valence-corrected chi connectivity index (χ0v) is 19.8. The average Bonchev–Trinajstić information content (AvgIpc) is 3.28. The number of aliphatic hydroxyl groups is 1. The predicted octanol–water partition coefficient (Wildman–Crippen LogP) is 3.03. The number of hydrogen-bond donors (Lipinski definition) is 2. The quantitative estimate of drug-likeness (QED) is 0.706. The monoisotopic (exact) mass is 477 g/mol. The molecule has 32 heavy (non-hydrogen) atoms. The van der Waals surface area contributed by atoms with Crippen molar-refractivity contribution in [1.82, 2.24) is 9.80 Å². The van der Waals surface area contributed by atoms with Gasteiger partial charge in [-0.1, -0.05) is 23.2 Å². The Morgan fingerprint density at radius 2 is 2.00 bits per heavy atom. The Balaban J connectivity index is 2.10. The van der Waals surface area contributed by atoms with E-state index in [9.17, 15) is 14.7 Å². The zero-order chi connectivity index (χ0) is 23.4. The van der Waals surface area contributed by atoms with Crippen molar-refractivity contribution >= 4 is 40.7 Å². The Morgan fingerprint density at radius 1 is 1.28 bits per heavy atom. The van der Waals surface area contributed by atoms with Crippen LogP contribution >= 0.6 is 23.2 Å². The van der Waals surface area contributed by atoms with Crippen LogP contribution in [0.2, 0.25) is 10.0 Å². The van der Waals surface area contributed by atoms with E-state index in [1.165, 1.54) is 12.0 Å². The van der Waals surface area contributed by atoms with E-state index in [1.54, 1.807) is 49.3 Å². The van der Waals surface area contributed by atoms with Crippen molar-refractivity contribution in [3.05, 3.63) is 57.1 Å². The molecule has 2 aliphatic rings. The molecule has 0 spiro atoms. The molecule has 2 N–H and O–H groups in total. The lowest BCUT2D eigenvalue weighted by molar-refractivity contribution is -0.138. The van der Waals surface area contributed by atoms with Gasteiger partial charge in [0.2, 0.25) is 5.91 Å². The first-order chi connectivity index (χ1) is 15.1. The van der Waals surface area contributed by atoms with Gasteiger partial charge in [0.1, 0.15) is 5.75 Å². The highest BCUT2D eigenvalue weighted by atomic mass is 35.5. The molecule has 170 valence electrons. The summed E-state index contributed by atoms with van der Waals surface area (Å²) in [6.45, 7) is 1.95. The summed E-state index contributed by atoms with van der Waals surface area (Å²) >= 11 is 12.9. The summed E-state index contributed by atoms with van der Waals surface area (Å²) in [6, 6.07) is 7.78. The smallest absolute Gasteiger partial charge is 0.254 e. The first kappa shape index (κ1) is 22.9. The average molecular weight is 478 g/mol. The standard InChI is InChI=1S/C23H25Cl2N3O4/c1-12-16(25)6-7-17-20(12)23(22(31)26-17,15-9-13(24)5-8-19(15)32-4)28-11-14(29)10-18(28)21(30)27(2)3/h5-9,14,18,29H,10-11H2,1-4H3,(H,26,31)/t14-,18+,23?/m1/s1. The maximum Gasteiger partial charge on any atom is 0.254 e. The van der Waals surface area contributed by atoms with Gasteiger partial charge in [0.25, 0.3) is 5.91 Å². The van der Waals surface area contributed by atoms with E-state index < -0.39 is 17.7 Å². The molecule has 1 unspecified atom stereocenters. The van der Waals surface area contributed by atoms with Crippen LogP contribution in [0.25, 0.3) is 0 Å². The first-order valence-electron chi connectivity index (χ1n) is 10.2. The molecule has 7 nitrogen and oxygen atoms in total. The first-order valence-corrected chi connectivity index (χ1v) is 11.0. The van der Waals surface area contributed by atoms with Gasteiger partial charge in [-0.25, -0.2) is 0 Å². The topological polar surface area (TPSA) is 82.1 Å². The van der Waals surface area contributed by atoms with Gasteiger partial charge in [0.15, 0.2) is 5.54 Å². The Kier molecular flexibility index (Phi) is 5.88. The molecular formula is C23H25Cl2N3O4. The van der Waals surface area contributed by atoms with Crippen LogP contribution in [0.1, 0.15) is 23.1 Å². The van der Waals surface area contributed by atoms with Gasteiger partial charge in [-0.3, -0.25) is 14.5 Å². The lowest BCUT2D eigenvalue weighted by Gasteiger charge is -2.42. The maximum absolute atomic E-state index is 13.9. The van der Waals surface area contributed by atoms with Crippen LogP contribution in [-0.4, -0.2) is 66.6 Å². The molecule has 1 fully saturated rings. The van der Waals surface area contributed by atoms with Gasteiger partial charge in [0.05, 0.1) is 19.3 Å². The van der Waals surface area contributed by atoms with Crippen LogP contribution in [-0.2, 0) is 15.1 Å². The van der Waals surface area contributed by atoms with Crippen molar-refractivity contribution in [3.63, 3.8) is 0 Å². The van der Waals surface area contributed by atoms with Crippen LogP contribution in [0.15, 0.2) is 30.3 Å². The van der Waals surface area contributed by atoms with E-state index in [2.05, 4.69) is 5.32 Å². The number of β-amino-alcohol motifs (C(OH)–C–C–N with tert-alkyl or cyclic N) is 1. The van der Waals surface area contributed by atoms with Crippen molar-refractivity contribution in [2.24, 2.45) is 0 Å². The number of anilines is 1. The molecule has 1 saturated heterocycles. The molecule has 4 rings (SSSR count). The van der Waals surface area contributed by atoms with Gasteiger partial charge in [-0.2, -0.15) is 0 Å². The molecule has 2 aromatic carbocycles. The fraction of sp³-hybridized carbons (Fsp3) is 0.391. The predicted molar refractivity (Wildman–Crippen MR) is 123 cm³/mol. The number of methoxy groups -OCH3 is 1. The number of fused-ring (bicyclic) bond motifs is 1. The summed E-state index contributed by atoms with van der Waals surface area (Å²) in [6.07, 6.45) is -0.591. The van der Waals surface area contributed by atoms with Gasteiger partial charge >= 0.3 is 0 Å². The third-order valence-electron chi connectivity index (χ3n) is 6.32. The van der Waals surface area contributed by atoms with E-state index in [-0.39, 0.29) is 24.8 Å². The number of likely N-dealkylation sites (tertiary alicyclic amines) is 1. The molecule has 2 aliphatic heterocycles. The molecule has 0 saturated carbocycles. The Labute approximate surface area is 196 Å². The second-order valence-corrected chi connectivity index (χ2v) is 9.24. The molecule has 2 aromatic rings. The number of ether oxygens (including phenoxy) is 1. The number of nitrogens with zero attached hydrogens (tertiary/aromatic N) is 2. The van der Waals surface area contributed by atoms with Crippen LogP contribution in [0.4, 0.5) is 5.69 Å². The second-order valence-electron chi connectivity index (χ2n) is 8.39. The van der Waals surface area contributed by atoms with E-state index in [4.69, 9.17) is 27.9 Å². The SMILES string of the molecule is COc1ccc(Cl)cc1C1(N2C[C@H](O)C[C@H]2C(=O)N(C)C)C(=O)Nc2ccc(Cl)c(C)c21. The highest BCUT2D eigenvalue weighted by molar-refractivity contribution is 6.32. The molecule has 0 aromatic heterocycles. The van der Waals surface area contributed by atoms with Gasteiger partial charge in [0, 0.05) is 47.5 Å². The lowest BCUT2D eigenvalue weighted by atomic mass is 9.79. The zero-order valence-electron chi connectivity index (χ0n) is 18.3. The summed E-state index contributed by atoms with van der Waals surface area (Å²) in [5.74, 6) is -0.124. The number of aliphatic hydroxyl groups excluding tert-OH is 1. The number of likely N-dealkylation sites (N-methyl/N-ethyl adjacent to an activating group) is 1. The number of rotatable bonds is 4. The third-order valence-corrected chi connectivity index (χ3v) is 6.97. The van der Waals surface area contributed by atoms with Crippen molar-refractivity contribution in [1.29, 1.82) is 0 Å². The third kappa shape index (κ3) is 3.27. The molecule has 0 aliphatic carbocycles. The van der Waals surface area contributed by atoms with E-state index in [0.29, 0.717) is 38.2 Å². The number of nitrogens with one attached hydrogen (secondary N) is 1. The second kappa shape index (κ2) is 8.23. The summed E-state index contributed by atoms with van der Waals surface area (Å²) < 4.78 is 5.64. The summed E-state index contributed by atoms with van der Waals surface area (Å²) in [5, 5.41) is 14.5. The van der Waals surface area contributed by atoms with Crippen LogP contribution < -0.4 is 10.1 Å². The number of halogens is 2. The van der Waals surface area contributed by atoms with Crippen LogP contribution in [0, 0.1) is 6.92 Å². The van der Waals surface area contributed by atoms with Crippen LogP contribution in [0.5, 0.6) is 5.75 Å². The Bertz CT molecular complexity index is 1110. The Morgan fingerprint density at radius 3 is 2.66 bits per heavy atom. The van der Waals surface area contributed by atoms with Crippen molar-refractivity contribution < 1.29 is 19.4 Å².